The Balaban J connectivity index is 2.17. The van der Waals surface area contributed by atoms with Crippen molar-refractivity contribution in [3.63, 3.8) is 0 Å². The zero-order valence-corrected chi connectivity index (χ0v) is 11.5. The highest BCUT2D eigenvalue weighted by atomic mass is 16.6. The maximum Gasteiger partial charge on any atom is 0.433 e. The van der Waals surface area contributed by atoms with E-state index in [4.69, 9.17) is 4.42 Å². The lowest BCUT2D eigenvalue weighted by Crippen LogP contribution is -2.53. The van der Waals surface area contributed by atoms with Gasteiger partial charge in [0.2, 0.25) is 0 Å². The van der Waals surface area contributed by atoms with E-state index in [1.54, 1.807) is 0 Å². The van der Waals surface area contributed by atoms with Gasteiger partial charge in [-0.2, -0.15) is 0 Å². The summed E-state index contributed by atoms with van der Waals surface area (Å²) in [4.78, 5) is 23.3. The van der Waals surface area contributed by atoms with Crippen molar-refractivity contribution in [3.8, 4) is 0 Å². The van der Waals surface area contributed by atoms with Crippen LogP contribution in [-0.4, -0.2) is 33.5 Å². The highest BCUT2D eigenvalue weighted by Gasteiger charge is 2.42. The average molecular weight is 282 g/mol. The quantitative estimate of drug-likeness (QED) is 0.672. The number of rotatable bonds is 4. The highest BCUT2D eigenvalue weighted by Crippen LogP contribution is 2.36. The van der Waals surface area contributed by atoms with Gasteiger partial charge in [-0.25, -0.2) is 0 Å². The van der Waals surface area contributed by atoms with Gasteiger partial charge in [-0.1, -0.05) is 13.8 Å². The summed E-state index contributed by atoms with van der Waals surface area (Å²) >= 11 is 0. The molecule has 1 atom stereocenters. The van der Waals surface area contributed by atoms with E-state index >= 15 is 0 Å². The van der Waals surface area contributed by atoms with Crippen molar-refractivity contribution < 1.29 is 19.2 Å². The predicted octanol–water partition coefficient (Wildman–Crippen LogP) is 2.26. The van der Waals surface area contributed by atoms with Crippen LogP contribution in [0.5, 0.6) is 0 Å². The molecule has 1 unspecified atom stereocenters. The third kappa shape index (κ3) is 2.82. The molecule has 1 aromatic heterocycles. The summed E-state index contributed by atoms with van der Waals surface area (Å²) in [6.45, 7) is 4.79. The van der Waals surface area contributed by atoms with Gasteiger partial charge in [0.25, 0.3) is 0 Å². The fourth-order valence-corrected chi connectivity index (χ4v) is 2.91. The molecular formula is C13H18N2O5. The Hall–Kier alpha value is -1.89. The molecule has 0 radical (unpaired) electrons. The molecular weight excluding hydrogens is 264 g/mol. The summed E-state index contributed by atoms with van der Waals surface area (Å²) in [6, 6.07) is 2.21. The highest BCUT2D eigenvalue weighted by molar-refractivity contribution is 5.74. The molecule has 1 N–H and O–H groups in total. The Bertz CT molecular complexity index is 523. The molecule has 0 bridgehead atoms. The minimum Gasteiger partial charge on any atom is -0.480 e. The van der Waals surface area contributed by atoms with Crippen LogP contribution in [0.4, 0.5) is 5.88 Å². The standard InChI is InChI=1S/C13H18N2O5/c1-13(2)6-3-7-14(11(13)12(16)17)8-9-4-5-10(20-9)15(18)19/h4-5,11H,3,6-8H2,1-2H3,(H,16,17). The fourth-order valence-electron chi connectivity index (χ4n) is 2.91. The molecule has 1 fully saturated rings. The lowest BCUT2D eigenvalue weighted by Gasteiger charge is -2.43. The number of aliphatic carboxylic acids is 1. The number of nitrogens with zero attached hydrogens (tertiary/aromatic N) is 2. The number of carboxylic acids is 1. The molecule has 7 nitrogen and oxygen atoms in total. The lowest BCUT2D eigenvalue weighted by atomic mass is 9.76. The number of furan rings is 1. The second kappa shape index (κ2) is 5.24. The van der Waals surface area contributed by atoms with Crippen molar-refractivity contribution in [1.82, 2.24) is 4.90 Å². The molecule has 2 heterocycles. The molecule has 20 heavy (non-hydrogen) atoms. The van der Waals surface area contributed by atoms with E-state index in [9.17, 15) is 20.0 Å². The van der Waals surface area contributed by atoms with Gasteiger partial charge in [0, 0.05) is 0 Å². The van der Waals surface area contributed by atoms with E-state index in [2.05, 4.69) is 0 Å². The van der Waals surface area contributed by atoms with E-state index in [0.29, 0.717) is 12.3 Å². The first kappa shape index (κ1) is 14.5. The summed E-state index contributed by atoms with van der Waals surface area (Å²) in [6.07, 6.45) is 1.75. The van der Waals surface area contributed by atoms with Crippen LogP contribution in [0.25, 0.3) is 0 Å². The first-order valence-corrected chi connectivity index (χ1v) is 6.51. The Morgan fingerprint density at radius 2 is 2.30 bits per heavy atom. The van der Waals surface area contributed by atoms with Gasteiger partial charge in [-0.05, 0) is 30.9 Å². The van der Waals surface area contributed by atoms with Crippen LogP contribution in [0.15, 0.2) is 16.5 Å². The minimum atomic E-state index is -0.865. The SMILES string of the molecule is CC1(C)CCCN(Cc2ccc([N+](=O)[O-])o2)C1C(=O)O. The Labute approximate surface area is 116 Å². The number of nitro groups is 1. The van der Waals surface area contributed by atoms with Gasteiger partial charge in [-0.15, -0.1) is 0 Å². The van der Waals surface area contributed by atoms with Gasteiger partial charge in [0.1, 0.15) is 16.7 Å². The van der Waals surface area contributed by atoms with Crippen LogP contribution in [0, 0.1) is 15.5 Å². The third-order valence-corrected chi connectivity index (χ3v) is 3.79. The van der Waals surface area contributed by atoms with Crippen LogP contribution in [0.1, 0.15) is 32.4 Å². The second-order valence-corrected chi connectivity index (χ2v) is 5.80. The molecule has 2 rings (SSSR count). The Morgan fingerprint density at radius 1 is 1.60 bits per heavy atom. The monoisotopic (exact) mass is 282 g/mol. The number of piperidine rings is 1. The normalized spacial score (nSPS) is 22.6. The number of carbonyl (C=O) groups is 1. The first-order valence-electron chi connectivity index (χ1n) is 6.51. The maximum absolute atomic E-state index is 11.5. The van der Waals surface area contributed by atoms with Gasteiger partial charge >= 0.3 is 11.9 Å². The van der Waals surface area contributed by atoms with Gasteiger partial charge in [0.05, 0.1) is 12.6 Å². The van der Waals surface area contributed by atoms with E-state index in [1.807, 2.05) is 18.7 Å². The van der Waals surface area contributed by atoms with Crippen LogP contribution in [-0.2, 0) is 11.3 Å². The zero-order chi connectivity index (χ0) is 14.9. The van der Waals surface area contributed by atoms with E-state index in [1.165, 1.54) is 12.1 Å². The van der Waals surface area contributed by atoms with Crippen molar-refractivity contribution in [2.75, 3.05) is 6.54 Å². The number of carboxylic acid groups (broad SMARTS) is 1. The Kier molecular flexibility index (Phi) is 3.80. The van der Waals surface area contributed by atoms with E-state index in [0.717, 1.165) is 12.8 Å². The van der Waals surface area contributed by atoms with Crippen molar-refractivity contribution in [1.29, 1.82) is 0 Å². The van der Waals surface area contributed by atoms with E-state index < -0.39 is 16.9 Å². The first-order chi connectivity index (χ1) is 9.31. The summed E-state index contributed by atoms with van der Waals surface area (Å²) in [5.41, 5.74) is -0.331. The van der Waals surface area contributed by atoms with Gasteiger partial charge < -0.3 is 9.52 Å². The topological polar surface area (TPSA) is 96.8 Å². The van der Waals surface area contributed by atoms with Crippen molar-refractivity contribution >= 4 is 11.9 Å². The van der Waals surface area contributed by atoms with Crippen LogP contribution in [0.3, 0.4) is 0 Å². The van der Waals surface area contributed by atoms with E-state index in [-0.39, 0.29) is 17.8 Å². The predicted molar refractivity (Wildman–Crippen MR) is 70.2 cm³/mol. The number of hydrogen-bond acceptors (Lipinski definition) is 5. The minimum absolute atomic E-state index is 0.272. The maximum atomic E-state index is 11.5. The van der Waals surface area contributed by atoms with Crippen LogP contribution >= 0.6 is 0 Å². The molecule has 0 aromatic carbocycles. The molecule has 0 saturated carbocycles. The van der Waals surface area contributed by atoms with Crippen LogP contribution in [0.2, 0.25) is 0 Å². The van der Waals surface area contributed by atoms with Gasteiger partial charge in [-0.3, -0.25) is 19.8 Å². The molecule has 110 valence electrons. The molecule has 7 heteroatoms. The zero-order valence-electron chi connectivity index (χ0n) is 11.5. The smallest absolute Gasteiger partial charge is 0.433 e. The van der Waals surface area contributed by atoms with Gasteiger partial charge in [0.15, 0.2) is 0 Å². The molecule has 1 saturated heterocycles. The van der Waals surface area contributed by atoms with Crippen molar-refractivity contribution in [2.24, 2.45) is 5.41 Å². The Morgan fingerprint density at radius 3 is 2.85 bits per heavy atom. The third-order valence-electron chi connectivity index (χ3n) is 3.79. The second-order valence-electron chi connectivity index (χ2n) is 5.80. The summed E-state index contributed by atoms with van der Waals surface area (Å²) in [7, 11) is 0. The molecule has 0 amide bonds. The average Bonchev–Trinajstić information content (AvgIpc) is 2.75. The summed E-state index contributed by atoms with van der Waals surface area (Å²) in [5, 5.41) is 20.0. The van der Waals surface area contributed by atoms with Crippen molar-refractivity contribution in [3.05, 3.63) is 28.0 Å². The lowest BCUT2D eigenvalue weighted by molar-refractivity contribution is -0.402. The van der Waals surface area contributed by atoms with Crippen molar-refractivity contribution in [2.45, 2.75) is 39.3 Å². The summed E-state index contributed by atoms with van der Waals surface area (Å²) < 4.78 is 5.11. The molecule has 1 aliphatic rings. The molecule has 1 aromatic rings. The number of likely N-dealkylation sites (tertiary alicyclic amines) is 1. The van der Waals surface area contributed by atoms with Crippen LogP contribution < -0.4 is 0 Å². The summed E-state index contributed by atoms with van der Waals surface area (Å²) in [5.74, 6) is -0.764. The molecule has 1 aliphatic heterocycles. The molecule has 0 spiro atoms. The molecule has 0 aliphatic carbocycles. The fraction of sp³-hybridized carbons (Fsp3) is 0.615. The number of hydrogen-bond donors (Lipinski definition) is 1. The largest absolute Gasteiger partial charge is 0.480 e.